The van der Waals surface area contributed by atoms with Crippen molar-refractivity contribution in [2.45, 2.75) is 31.9 Å². The topological polar surface area (TPSA) is 50.4 Å². The van der Waals surface area contributed by atoms with Gasteiger partial charge in [0.1, 0.15) is 5.60 Å². The van der Waals surface area contributed by atoms with Gasteiger partial charge in [-0.2, -0.15) is 0 Å². The van der Waals surface area contributed by atoms with Gasteiger partial charge in [-0.1, -0.05) is 24.3 Å². The normalized spacial score (nSPS) is 18.0. The molecule has 4 heteroatoms. The molecule has 2 rings (SSSR count). The lowest BCUT2D eigenvalue weighted by Crippen LogP contribution is -2.53. The number of carbonyl (C=O) groups excluding carboxylic acids is 1. The van der Waals surface area contributed by atoms with Crippen LogP contribution < -0.4 is 10.6 Å². The molecule has 1 saturated heterocycles. The summed E-state index contributed by atoms with van der Waals surface area (Å²) in [7, 11) is 1.62. The Morgan fingerprint density at radius 1 is 1.37 bits per heavy atom. The molecule has 1 aromatic rings. The maximum atomic E-state index is 12.4. The molecule has 104 valence electrons. The molecule has 4 nitrogen and oxygen atoms in total. The molecule has 0 aromatic heterocycles. The van der Waals surface area contributed by atoms with Crippen LogP contribution in [0.25, 0.3) is 0 Å². The molecule has 19 heavy (non-hydrogen) atoms. The number of hydrogen-bond acceptors (Lipinski definition) is 3. The maximum Gasteiger partial charge on any atom is 0.252 e. The Morgan fingerprint density at radius 3 is 2.68 bits per heavy atom. The molecule has 0 unspecified atom stereocenters. The number of ether oxygens (including phenoxy) is 1. The van der Waals surface area contributed by atoms with Crippen molar-refractivity contribution in [2.75, 3.05) is 20.2 Å². The van der Waals surface area contributed by atoms with Crippen molar-refractivity contribution in [2.24, 2.45) is 0 Å². The average molecular weight is 262 g/mol. The number of methoxy groups -OCH3 is 1. The van der Waals surface area contributed by atoms with Crippen molar-refractivity contribution in [3.63, 3.8) is 0 Å². The Morgan fingerprint density at radius 2 is 2.05 bits per heavy atom. The minimum Gasteiger partial charge on any atom is -0.368 e. The summed E-state index contributed by atoms with van der Waals surface area (Å²) in [6, 6.07) is 8.09. The fourth-order valence-corrected chi connectivity index (χ4v) is 2.50. The van der Waals surface area contributed by atoms with Crippen LogP contribution in [0.3, 0.4) is 0 Å². The Kier molecular flexibility index (Phi) is 4.56. The molecule has 0 radical (unpaired) electrons. The number of amides is 1. The van der Waals surface area contributed by atoms with E-state index in [2.05, 4.69) is 23.6 Å². The highest BCUT2D eigenvalue weighted by Crippen LogP contribution is 2.22. The highest BCUT2D eigenvalue weighted by atomic mass is 16.5. The first-order valence-corrected chi connectivity index (χ1v) is 6.77. The van der Waals surface area contributed by atoms with E-state index in [1.165, 1.54) is 5.56 Å². The molecule has 1 fully saturated rings. The van der Waals surface area contributed by atoms with Crippen molar-refractivity contribution in [3.05, 3.63) is 35.4 Å². The molecular weight excluding hydrogens is 240 g/mol. The van der Waals surface area contributed by atoms with Gasteiger partial charge in [0.05, 0.1) is 0 Å². The monoisotopic (exact) mass is 262 g/mol. The van der Waals surface area contributed by atoms with Crippen molar-refractivity contribution in [1.29, 1.82) is 0 Å². The zero-order valence-electron chi connectivity index (χ0n) is 11.7. The predicted molar refractivity (Wildman–Crippen MR) is 74.9 cm³/mol. The second kappa shape index (κ2) is 6.17. The van der Waals surface area contributed by atoms with E-state index in [1.54, 1.807) is 7.11 Å². The Labute approximate surface area is 114 Å². The smallest absolute Gasteiger partial charge is 0.252 e. The van der Waals surface area contributed by atoms with Crippen molar-refractivity contribution in [1.82, 2.24) is 10.6 Å². The summed E-state index contributed by atoms with van der Waals surface area (Å²) < 4.78 is 5.51. The molecule has 1 aromatic carbocycles. The molecule has 0 saturated carbocycles. The van der Waals surface area contributed by atoms with E-state index in [1.807, 2.05) is 18.2 Å². The molecule has 1 aliphatic rings. The zero-order chi connectivity index (χ0) is 13.7. The van der Waals surface area contributed by atoms with Gasteiger partial charge in [0.15, 0.2) is 0 Å². The number of aryl methyl sites for hydroxylation is 1. The van der Waals surface area contributed by atoms with E-state index in [-0.39, 0.29) is 5.91 Å². The van der Waals surface area contributed by atoms with Crippen molar-refractivity contribution >= 4 is 5.91 Å². The van der Waals surface area contributed by atoms with Gasteiger partial charge in [-0.05, 0) is 44.0 Å². The highest BCUT2D eigenvalue weighted by Gasteiger charge is 2.39. The summed E-state index contributed by atoms with van der Waals surface area (Å²) in [5.41, 5.74) is 1.68. The third-order valence-electron chi connectivity index (χ3n) is 3.92. The molecule has 0 bridgehead atoms. The summed E-state index contributed by atoms with van der Waals surface area (Å²) in [5, 5.41) is 6.26. The van der Waals surface area contributed by atoms with Crippen LogP contribution in [0, 0.1) is 6.92 Å². The fraction of sp³-hybridized carbons (Fsp3) is 0.533. The summed E-state index contributed by atoms with van der Waals surface area (Å²) in [4.78, 5) is 12.4. The third kappa shape index (κ3) is 3.14. The summed E-state index contributed by atoms with van der Waals surface area (Å²) in [5.74, 6) is -0.000229. The number of rotatable bonds is 4. The molecule has 0 atom stereocenters. The highest BCUT2D eigenvalue weighted by molar-refractivity contribution is 5.85. The molecular formula is C15H22N2O2. The quantitative estimate of drug-likeness (QED) is 0.862. The lowest BCUT2D eigenvalue weighted by atomic mass is 9.91. The van der Waals surface area contributed by atoms with E-state index in [0.29, 0.717) is 6.54 Å². The summed E-state index contributed by atoms with van der Waals surface area (Å²) in [6.45, 7) is 4.26. The lowest BCUT2D eigenvalue weighted by Gasteiger charge is -2.34. The van der Waals surface area contributed by atoms with Crippen LogP contribution in [-0.2, 0) is 16.1 Å². The van der Waals surface area contributed by atoms with Gasteiger partial charge < -0.3 is 15.4 Å². The molecule has 0 spiro atoms. The van der Waals surface area contributed by atoms with Crippen LogP contribution in [0.1, 0.15) is 24.0 Å². The molecule has 1 heterocycles. The average Bonchev–Trinajstić information content (AvgIpc) is 2.46. The van der Waals surface area contributed by atoms with Crippen molar-refractivity contribution in [3.8, 4) is 0 Å². The minimum atomic E-state index is -0.659. The van der Waals surface area contributed by atoms with Crippen LogP contribution in [0.5, 0.6) is 0 Å². The number of carbonyl (C=O) groups is 1. The van der Waals surface area contributed by atoms with E-state index < -0.39 is 5.60 Å². The van der Waals surface area contributed by atoms with Gasteiger partial charge in [0, 0.05) is 13.7 Å². The van der Waals surface area contributed by atoms with Gasteiger partial charge in [0.25, 0.3) is 5.91 Å². The van der Waals surface area contributed by atoms with E-state index in [0.717, 1.165) is 31.5 Å². The Bertz CT molecular complexity index is 440. The number of nitrogens with one attached hydrogen (secondary N) is 2. The van der Waals surface area contributed by atoms with Crippen molar-refractivity contribution < 1.29 is 9.53 Å². The standard InChI is InChI=1S/C15H22N2O2/c1-12-5-3-4-6-13(12)11-17-14(18)15(19-2)7-9-16-10-8-15/h3-6,16H,7-11H2,1-2H3,(H,17,18). The first kappa shape index (κ1) is 14.0. The number of piperidine rings is 1. The SMILES string of the molecule is COC1(C(=O)NCc2ccccc2C)CCNCC1. The molecule has 1 amide bonds. The van der Waals surface area contributed by atoms with Crippen LogP contribution in [0.2, 0.25) is 0 Å². The predicted octanol–water partition coefficient (Wildman–Crippen LogP) is 1.38. The van der Waals surface area contributed by atoms with Crippen LogP contribution in [0.15, 0.2) is 24.3 Å². The van der Waals surface area contributed by atoms with Crippen LogP contribution in [0.4, 0.5) is 0 Å². The Hall–Kier alpha value is -1.39. The van der Waals surface area contributed by atoms with Gasteiger partial charge in [-0.15, -0.1) is 0 Å². The van der Waals surface area contributed by atoms with Gasteiger partial charge >= 0.3 is 0 Å². The largest absolute Gasteiger partial charge is 0.368 e. The van der Waals surface area contributed by atoms with Crippen LogP contribution >= 0.6 is 0 Å². The first-order chi connectivity index (χ1) is 9.18. The lowest BCUT2D eigenvalue weighted by molar-refractivity contribution is -0.146. The second-order valence-electron chi connectivity index (χ2n) is 5.06. The maximum absolute atomic E-state index is 12.4. The summed E-state index contributed by atoms with van der Waals surface area (Å²) >= 11 is 0. The van der Waals surface area contributed by atoms with Gasteiger partial charge in [-0.3, -0.25) is 4.79 Å². The molecule has 2 N–H and O–H groups in total. The molecule has 1 aliphatic heterocycles. The van der Waals surface area contributed by atoms with Gasteiger partial charge in [-0.25, -0.2) is 0 Å². The molecule has 0 aliphatic carbocycles. The van der Waals surface area contributed by atoms with E-state index >= 15 is 0 Å². The third-order valence-corrected chi connectivity index (χ3v) is 3.92. The van der Waals surface area contributed by atoms with E-state index in [9.17, 15) is 4.79 Å². The van der Waals surface area contributed by atoms with Gasteiger partial charge in [0.2, 0.25) is 0 Å². The number of benzene rings is 1. The zero-order valence-corrected chi connectivity index (χ0v) is 11.7. The Balaban J connectivity index is 1.98. The van der Waals surface area contributed by atoms with E-state index in [4.69, 9.17) is 4.74 Å². The first-order valence-electron chi connectivity index (χ1n) is 6.77. The second-order valence-corrected chi connectivity index (χ2v) is 5.06. The number of hydrogen-bond donors (Lipinski definition) is 2. The van der Waals surface area contributed by atoms with Crippen LogP contribution in [-0.4, -0.2) is 31.7 Å². The summed E-state index contributed by atoms with van der Waals surface area (Å²) in [6.07, 6.45) is 1.45. The minimum absolute atomic E-state index is 0.000229. The fourth-order valence-electron chi connectivity index (χ4n) is 2.50.